The van der Waals surface area contributed by atoms with Gasteiger partial charge in [0.25, 0.3) is 0 Å². The highest BCUT2D eigenvalue weighted by Gasteiger charge is 2.54. The summed E-state index contributed by atoms with van der Waals surface area (Å²) in [5.74, 6) is 0. The standard InChI is InChI=1S/C36H18B3NS3/c1-4-10-25-19(7-1)37-22-13-16-29-32-34(22)40-35-23(14-17-28(41-25)31(35)37)38-20-8-2-5-11-26(20)43-30-18-15-24(36(40)33(30)38)39(32)21-9-3-6-12-27(21)42-29/h1-18H. The highest BCUT2D eigenvalue weighted by atomic mass is 32.2. The molecule has 0 N–H and O–H groups in total. The van der Waals surface area contributed by atoms with Crippen molar-refractivity contribution in [2.45, 2.75) is 29.4 Å². The maximum atomic E-state index is 2.75. The molecule has 0 saturated heterocycles. The molecule has 0 bridgehead atoms. The van der Waals surface area contributed by atoms with Gasteiger partial charge in [0.15, 0.2) is 0 Å². The Labute approximate surface area is 263 Å². The van der Waals surface area contributed by atoms with Crippen LogP contribution < -0.4 is 54.1 Å². The Morgan fingerprint density at radius 1 is 0.326 bits per heavy atom. The highest BCUT2D eigenvalue weighted by molar-refractivity contribution is 8.00. The van der Waals surface area contributed by atoms with E-state index in [1.165, 1.54) is 95.6 Å². The van der Waals surface area contributed by atoms with Crippen molar-refractivity contribution in [2.75, 3.05) is 4.90 Å². The van der Waals surface area contributed by atoms with Gasteiger partial charge in [-0.2, -0.15) is 0 Å². The van der Waals surface area contributed by atoms with Gasteiger partial charge in [-0.05, 0) is 69.2 Å². The van der Waals surface area contributed by atoms with Gasteiger partial charge in [0.1, 0.15) is 0 Å². The van der Waals surface area contributed by atoms with Crippen molar-refractivity contribution < 1.29 is 0 Å². The van der Waals surface area contributed by atoms with E-state index in [0.29, 0.717) is 0 Å². The van der Waals surface area contributed by atoms with E-state index in [0.717, 1.165) is 0 Å². The third-order valence-corrected chi connectivity index (χ3v) is 13.9. The Hall–Kier alpha value is -3.64. The van der Waals surface area contributed by atoms with E-state index in [9.17, 15) is 0 Å². The maximum Gasteiger partial charge on any atom is 0.249 e. The lowest BCUT2D eigenvalue weighted by Gasteiger charge is -2.52. The molecule has 7 heteroatoms. The molecule has 194 valence electrons. The van der Waals surface area contributed by atoms with Gasteiger partial charge < -0.3 is 4.90 Å². The fraction of sp³-hybridized carbons (Fsp3) is 0. The van der Waals surface area contributed by atoms with Gasteiger partial charge in [0, 0.05) is 46.4 Å². The number of anilines is 3. The first kappa shape index (κ1) is 22.8. The van der Waals surface area contributed by atoms with Crippen molar-refractivity contribution in [3.63, 3.8) is 0 Å². The summed E-state index contributed by atoms with van der Waals surface area (Å²) in [5.41, 5.74) is 17.6. The zero-order valence-corrected chi connectivity index (χ0v) is 25.2. The molecule has 1 nitrogen and oxygen atoms in total. The van der Waals surface area contributed by atoms with Crippen LogP contribution in [0.2, 0.25) is 0 Å². The Bertz CT molecular complexity index is 2080. The maximum absolute atomic E-state index is 2.75. The van der Waals surface area contributed by atoms with Crippen molar-refractivity contribution >= 4 is 122 Å². The summed E-state index contributed by atoms with van der Waals surface area (Å²) >= 11 is 5.87. The molecule has 0 spiro atoms. The molecule has 0 aromatic heterocycles. The molecule has 0 atom stereocenters. The summed E-state index contributed by atoms with van der Waals surface area (Å²) in [6.07, 6.45) is 0. The monoisotopic (exact) mass is 593 g/mol. The lowest BCUT2D eigenvalue weighted by molar-refractivity contribution is 1.25. The third-order valence-electron chi connectivity index (χ3n) is 10.4. The van der Waals surface area contributed by atoms with Crippen molar-refractivity contribution in [1.82, 2.24) is 0 Å². The van der Waals surface area contributed by atoms with Crippen molar-refractivity contribution in [3.05, 3.63) is 109 Å². The van der Waals surface area contributed by atoms with Crippen molar-refractivity contribution in [2.24, 2.45) is 0 Å². The summed E-state index contributed by atoms with van der Waals surface area (Å²) in [5, 5.41) is 0. The smallest absolute Gasteiger partial charge is 0.249 e. The van der Waals surface area contributed by atoms with Crippen LogP contribution in [0.5, 0.6) is 0 Å². The molecule has 0 saturated carbocycles. The minimum atomic E-state index is 0.237. The quantitative estimate of drug-likeness (QED) is 0.249. The van der Waals surface area contributed by atoms with Crippen LogP contribution in [-0.4, -0.2) is 20.1 Å². The van der Waals surface area contributed by atoms with Gasteiger partial charge in [0.05, 0.1) is 0 Å². The Morgan fingerprint density at radius 2 is 0.651 bits per heavy atom. The van der Waals surface area contributed by atoms with Gasteiger partial charge in [0.2, 0.25) is 20.1 Å². The van der Waals surface area contributed by atoms with Crippen LogP contribution in [0.4, 0.5) is 17.1 Å². The van der Waals surface area contributed by atoms with Crippen molar-refractivity contribution in [1.29, 1.82) is 0 Å². The molecule has 0 aliphatic carbocycles. The van der Waals surface area contributed by atoms with Gasteiger partial charge in [-0.1, -0.05) is 124 Å². The highest BCUT2D eigenvalue weighted by Crippen LogP contribution is 2.47. The van der Waals surface area contributed by atoms with E-state index >= 15 is 0 Å². The Balaban J connectivity index is 1.29. The fourth-order valence-electron chi connectivity index (χ4n) is 8.93. The zero-order chi connectivity index (χ0) is 27.6. The number of fused-ring (bicyclic) bond motifs is 9. The average molecular weight is 593 g/mol. The summed E-state index contributed by atoms with van der Waals surface area (Å²) in [6.45, 7) is 0.712. The van der Waals surface area contributed by atoms with Gasteiger partial charge in [-0.3, -0.25) is 0 Å². The van der Waals surface area contributed by atoms with Crippen LogP contribution >= 0.6 is 35.3 Å². The molecule has 0 unspecified atom stereocenters. The topological polar surface area (TPSA) is 3.24 Å². The molecule has 6 aromatic rings. The van der Waals surface area contributed by atoms with E-state index in [-0.39, 0.29) is 20.1 Å². The van der Waals surface area contributed by atoms with E-state index in [4.69, 9.17) is 0 Å². The minimum absolute atomic E-state index is 0.237. The van der Waals surface area contributed by atoms with Crippen LogP contribution in [0.25, 0.3) is 0 Å². The lowest BCUT2D eigenvalue weighted by atomic mass is 9.26. The molecule has 0 amide bonds. The van der Waals surface area contributed by atoms with Gasteiger partial charge in [-0.15, -0.1) is 0 Å². The molecule has 6 aliphatic rings. The summed E-state index contributed by atoms with van der Waals surface area (Å²) in [6, 6.07) is 42.1. The molecule has 0 fully saturated rings. The summed E-state index contributed by atoms with van der Waals surface area (Å²) < 4.78 is 0. The number of benzene rings is 6. The van der Waals surface area contributed by atoms with E-state index < -0.39 is 0 Å². The van der Waals surface area contributed by atoms with E-state index in [2.05, 4.69) is 114 Å². The second-order valence-electron chi connectivity index (χ2n) is 12.3. The molecule has 0 radical (unpaired) electrons. The Kier molecular flexibility index (Phi) is 4.09. The van der Waals surface area contributed by atoms with Crippen LogP contribution in [0.15, 0.2) is 139 Å². The van der Waals surface area contributed by atoms with Gasteiger partial charge >= 0.3 is 0 Å². The summed E-state index contributed by atoms with van der Waals surface area (Å²) in [4.78, 5) is 11.2. The number of nitrogens with zero attached hydrogens (tertiary/aromatic N) is 1. The van der Waals surface area contributed by atoms with E-state index in [1.54, 1.807) is 0 Å². The van der Waals surface area contributed by atoms with Crippen LogP contribution in [-0.2, 0) is 0 Å². The number of hydrogen-bond acceptors (Lipinski definition) is 4. The van der Waals surface area contributed by atoms with Crippen LogP contribution in [0.3, 0.4) is 0 Å². The van der Waals surface area contributed by atoms with E-state index in [1.807, 2.05) is 35.3 Å². The third kappa shape index (κ3) is 2.58. The van der Waals surface area contributed by atoms with Crippen molar-refractivity contribution in [3.8, 4) is 0 Å². The molecular weight excluding hydrogens is 575 g/mol. The second kappa shape index (κ2) is 7.71. The molecule has 6 heterocycles. The first-order chi connectivity index (χ1) is 21.3. The zero-order valence-electron chi connectivity index (χ0n) is 22.8. The fourth-order valence-corrected chi connectivity index (χ4v) is 12.4. The largest absolute Gasteiger partial charge is 0.313 e. The second-order valence-corrected chi connectivity index (χ2v) is 15.6. The lowest BCUT2D eigenvalue weighted by Crippen LogP contribution is -2.73. The first-order valence-corrected chi connectivity index (χ1v) is 17.4. The minimum Gasteiger partial charge on any atom is -0.313 e. The van der Waals surface area contributed by atoms with Gasteiger partial charge in [-0.25, -0.2) is 0 Å². The molecule has 6 aliphatic heterocycles. The summed E-state index contributed by atoms with van der Waals surface area (Å²) in [7, 11) is 0. The van der Waals surface area contributed by atoms with Crippen LogP contribution in [0.1, 0.15) is 0 Å². The molecular formula is C36H18B3NS3. The first-order valence-electron chi connectivity index (χ1n) is 15.0. The molecule has 12 rings (SSSR count). The number of rotatable bonds is 0. The van der Waals surface area contributed by atoms with Crippen LogP contribution in [0, 0.1) is 0 Å². The predicted octanol–water partition coefficient (Wildman–Crippen LogP) is 3.04. The molecule has 43 heavy (non-hydrogen) atoms. The number of hydrogen-bond donors (Lipinski definition) is 0. The Morgan fingerprint density at radius 3 is 1.00 bits per heavy atom. The average Bonchev–Trinajstić information content (AvgIpc) is 3.06. The normalized spacial score (nSPS) is 15.9. The molecule has 6 aromatic carbocycles. The SMILES string of the molecule is c1ccc2c(c1)Sc1ccc3c4c1B2c1ccc2c5c1N4c1c(ccc4c1B3c1ccccc1S4)B5c1ccccc1S2. The predicted molar refractivity (Wildman–Crippen MR) is 187 cm³/mol.